The highest BCUT2D eigenvalue weighted by Crippen LogP contribution is 2.65. The molecule has 4 aliphatic rings. The minimum atomic E-state index is -0.441. The van der Waals surface area contributed by atoms with Gasteiger partial charge in [0.1, 0.15) is 0 Å². The van der Waals surface area contributed by atoms with Gasteiger partial charge in [-0.1, -0.05) is 175 Å². The van der Waals surface area contributed by atoms with E-state index in [9.17, 15) is 0 Å². The van der Waals surface area contributed by atoms with E-state index >= 15 is 0 Å². The van der Waals surface area contributed by atoms with Crippen LogP contribution >= 0.6 is 0 Å². The maximum atomic E-state index is 4.88. The van der Waals surface area contributed by atoms with Gasteiger partial charge in [0.15, 0.2) is 0 Å². The molecule has 12 rings (SSSR count). The first-order chi connectivity index (χ1) is 35.0. The van der Waals surface area contributed by atoms with Crippen molar-refractivity contribution in [3.8, 4) is 11.3 Å². The normalized spacial score (nSPS) is 18.8. The molecular formula is C69H73BN4. The summed E-state index contributed by atoms with van der Waals surface area (Å²) in [5.41, 5.74) is 24.6. The van der Waals surface area contributed by atoms with Gasteiger partial charge in [-0.25, -0.2) is 0 Å². The van der Waals surface area contributed by atoms with Crippen LogP contribution in [0.5, 0.6) is 0 Å². The predicted molar refractivity (Wildman–Crippen MR) is 317 cm³/mol. The van der Waals surface area contributed by atoms with Crippen molar-refractivity contribution in [2.24, 2.45) is 0 Å². The number of aromatic nitrogens is 1. The van der Waals surface area contributed by atoms with Crippen LogP contribution in [-0.4, -0.2) is 11.7 Å². The molecule has 2 unspecified atom stereocenters. The molecule has 7 aromatic carbocycles. The third kappa shape index (κ3) is 7.26. The number of anilines is 8. The van der Waals surface area contributed by atoms with Crippen LogP contribution in [0, 0.1) is 0 Å². The molecule has 372 valence electrons. The van der Waals surface area contributed by atoms with Crippen molar-refractivity contribution in [2.75, 3.05) is 14.7 Å². The molecule has 0 saturated carbocycles. The van der Waals surface area contributed by atoms with Crippen LogP contribution < -0.4 is 31.1 Å². The fraction of sp³-hybridized carbons (Fsp3) is 0.319. The maximum Gasteiger partial charge on any atom is 0.252 e. The molecule has 0 saturated heterocycles. The van der Waals surface area contributed by atoms with Crippen molar-refractivity contribution in [3.63, 3.8) is 0 Å². The van der Waals surface area contributed by atoms with E-state index in [2.05, 4.69) is 263 Å². The number of aryl methyl sites for hydroxylation is 1. The van der Waals surface area contributed by atoms with Crippen LogP contribution in [0.4, 0.5) is 45.5 Å². The Morgan fingerprint density at radius 3 is 1.73 bits per heavy atom. The lowest BCUT2D eigenvalue weighted by Crippen LogP contribution is -2.61. The van der Waals surface area contributed by atoms with E-state index in [0.29, 0.717) is 0 Å². The highest BCUT2D eigenvalue weighted by atomic mass is 15.3. The SMILES string of the molecule is CC(C)(C)c1ccc(N2c3ccc(C(C)(C)C)cc3B3c4ccc(C(C)(C)C)cc4N(c4cccc(C(C)(C)C)c4)c4cc(N5c6ccc(-c7ccccn7)cc6C6(C)CCc7ccccc7C56C)cc2c43)cc1. The second kappa shape index (κ2) is 16.3. The fourth-order valence-electron chi connectivity index (χ4n) is 13.2. The molecule has 74 heavy (non-hydrogen) atoms. The van der Waals surface area contributed by atoms with Gasteiger partial charge in [0, 0.05) is 62.7 Å². The van der Waals surface area contributed by atoms with Gasteiger partial charge in [0.05, 0.1) is 11.2 Å². The molecule has 0 amide bonds. The first-order valence-electron chi connectivity index (χ1n) is 27.2. The topological polar surface area (TPSA) is 22.6 Å². The Labute approximate surface area is 442 Å². The summed E-state index contributed by atoms with van der Waals surface area (Å²) in [5.74, 6) is 0. The van der Waals surface area contributed by atoms with Gasteiger partial charge in [0.2, 0.25) is 0 Å². The zero-order chi connectivity index (χ0) is 52.1. The fourth-order valence-corrected chi connectivity index (χ4v) is 13.2. The number of fused-ring (bicyclic) bond motifs is 9. The van der Waals surface area contributed by atoms with Crippen molar-refractivity contribution in [1.29, 1.82) is 0 Å². The second-order valence-electron chi connectivity index (χ2n) is 26.5. The Balaban J connectivity index is 1.22. The number of hydrogen-bond acceptors (Lipinski definition) is 4. The molecule has 1 aliphatic carbocycles. The van der Waals surface area contributed by atoms with Gasteiger partial charge in [0.25, 0.3) is 6.71 Å². The van der Waals surface area contributed by atoms with Crippen LogP contribution in [0.25, 0.3) is 11.3 Å². The summed E-state index contributed by atoms with van der Waals surface area (Å²) in [7, 11) is 0. The van der Waals surface area contributed by atoms with E-state index in [1.54, 1.807) is 0 Å². The number of rotatable bonds is 4. The van der Waals surface area contributed by atoms with Crippen LogP contribution in [0.1, 0.15) is 142 Å². The summed E-state index contributed by atoms with van der Waals surface area (Å²) in [6.07, 6.45) is 3.97. The Bertz CT molecular complexity index is 3550. The van der Waals surface area contributed by atoms with Gasteiger partial charge >= 0.3 is 0 Å². The predicted octanol–water partition coefficient (Wildman–Crippen LogP) is 16.3. The lowest BCUT2D eigenvalue weighted by molar-refractivity contribution is 0.245. The van der Waals surface area contributed by atoms with Crippen molar-refractivity contribution >= 4 is 68.6 Å². The molecule has 2 atom stereocenters. The number of hydrogen-bond donors (Lipinski definition) is 0. The van der Waals surface area contributed by atoms with E-state index < -0.39 is 5.54 Å². The highest BCUT2D eigenvalue weighted by molar-refractivity contribution is 7.00. The average molecular weight is 969 g/mol. The monoisotopic (exact) mass is 969 g/mol. The van der Waals surface area contributed by atoms with Crippen molar-refractivity contribution in [2.45, 2.75) is 142 Å². The molecule has 0 N–H and O–H groups in total. The highest BCUT2D eigenvalue weighted by Gasteiger charge is 2.60. The lowest BCUT2D eigenvalue weighted by Gasteiger charge is -2.52. The summed E-state index contributed by atoms with van der Waals surface area (Å²) >= 11 is 0. The average Bonchev–Trinajstić information content (AvgIpc) is 3.58. The maximum absolute atomic E-state index is 4.88. The molecule has 4 nitrogen and oxygen atoms in total. The largest absolute Gasteiger partial charge is 0.330 e. The molecule has 0 fully saturated rings. The quantitative estimate of drug-likeness (QED) is 0.164. The molecule has 0 radical (unpaired) electrons. The van der Waals surface area contributed by atoms with Gasteiger partial charge in [-0.05, 0) is 170 Å². The Morgan fingerprint density at radius 1 is 0.446 bits per heavy atom. The molecule has 8 aromatic rings. The summed E-state index contributed by atoms with van der Waals surface area (Å²) in [6, 6.07) is 61.6. The van der Waals surface area contributed by atoms with Crippen molar-refractivity contribution in [3.05, 3.63) is 203 Å². The lowest BCUT2D eigenvalue weighted by atomic mass is 9.33. The Hall–Kier alpha value is -6.85. The third-order valence-electron chi connectivity index (χ3n) is 17.8. The summed E-state index contributed by atoms with van der Waals surface area (Å²) in [6.45, 7) is 33.1. The molecule has 4 heterocycles. The van der Waals surface area contributed by atoms with E-state index in [4.69, 9.17) is 4.98 Å². The molecule has 0 spiro atoms. The first-order valence-corrected chi connectivity index (χ1v) is 27.2. The molecule has 1 aromatic heterocycles. The van der Waals surface area contributed by atoms with E-state index in [1.165, 1.54) is 95.1 Å². The van der Waals surface area contributed by atoms with Crippen molar-refractivity contribution in [1.82, 2.24) is 4.98 Å². The van der Waals surface area contributed by atoms with Crippen molar-refractivity contribution < 1.29 is 0 Å². The van der Waals surface area contributed by atoms with Crippen LogP contribution in [-0.2, 0) is 39.0 Å². The smallest absolute Gasteiger partial charge is 0.252 e. The Kier molecular flexibility index (Phi) is 10.6. The van der Waals surface area contributed by atoms with Crippen LogP contribution in [0.15, 0.2) is 164 Å². The Morgan fingerprint density at radius 2 is 1.05 bits per heavy atom. The second-order valence-corrected chi connectivity index (χ2v) is 26.5. The minimum absolute atomic E-state index is 0.0137. The molecule has 5 heteroatoms. The molecular weight excluding hydrogens is 896 g/mol. The molecule has 3 aliphatic heterocycles. The first kappa shape index (κ1) is 48.1. The number of benzene rings is 7. The van der Waals surface area contributed by atoms with E-state index in [0.717, 1.165) is 29.8 Å². The minimum Gasteiger partial charge on any atom is -0.330 e. The van der Waals surface area contributed by atoms with Gasteiger partial charge < -0.3 is 14.7 Å². The van der Waals surface area contributed by atoms with Crippen LogP contribution in [0.2, 0.25) is 0 Å². The van der Waals surface area contributed by atoms with E-state index in [-0.39, 0.29) is 33.8 Å². The zero-order valence-electron chi connectivity index (χ0n) is 46.4. The summed E-state index contributed by atoms with van der Waals surface area (Å²) in [5, 5.41) is 0. The number of nitrogens with zero attached hydrogens (tertiary/aromatic N) is 4. The number of pyridine rings is 1. The van der Waals surface area contributed by atoms with Gasteiger partial charge in [-0.3, -0.25) is 4.98 Å². The molecule has 0 bridgehead atoms. The van der Waals surface area contributed by atoms with Gasteiger partial charge in [-0.2, -0.15) is 0 Å². The van der Waals surface area contributed by atoms with Crippen LogP contribution in [0.3, 0.4) is 0 Å². The van der Waals surface area contributed by atoms with Gasteiger partial charge in [-0.15, -0.1) is 0 Å². The standard InChI is InChI=1S/C69H73BN4/c1-64(2,3)46-26-30-50(31-27-46)72-59-34-29-48(66(7,8)9)40-56(59)70-55-32-28-49(67(10,11)12)41-60(55)73(51-22-19-21-47(39-51)65(4,5)6)62-43-52(42-61(72)63(62)70)74-58-33-25-45(57-24-17-18-37-71-57)38-54(58)68(13)36-35-44-20-15-16-23-53(44)69(68,74)14/h15-34,37-43H,35-36H2,1-14H3. The third-order valence-corrected chi connectivity index (χ3v) is 17.8. The summed E-state index contributed by atoms with van der Waals surface area (Å²) in [4.78, 5) is 12.9. The zero-order valence-corrected chi connectivity index (χ0v) is 46.4. The summed E-state index contributed by atoms with van der Waals surface area (Å²) < 4.78 is 0. The van der Waals surface area contributed by atoms with E-state index in [1.807, 2.05) is 12.3 Å².